The predicted molar refractivity (Wildman–Crippen MR) is 295 cm³/mol. The summed E-state index contributed by atoms with van der Waals surface area (Å²) in [7, 11) is 0. The Morgan fingerprint density at radius 3 is 0.657 bits per heavy atom. The second kappa shape index (κ2) is 52.0. The number of rotatable bonds is 52. The summed E-state index contributed by atoms with van der Waals surface area (Å²) in [6.45, 7) is 19.6. The normalized spacial score (nSPS) is 11.9. The summed E-state index contributed by atoms with van der Waals surface area (Å²) in [5.41, 5.74) is 0. The van der Waals surface area contributed by atoms with Gasteiger partial charge in [0.25, 0.3) is 0 Å². The number of carbonyl (C=O) groups excluding carboxylic acids is 3. The van der Waals surface area contributed by atoms with Crippen molar-refractivity contribution in [3.63, 3.8) is 0 Å². The van der Waals surface area contributed by atoms with Crippen molar-refractivity contribution in [3.8, 4) is 0 Å². The van der Waals surface area contributed by atoms with Crippen LogP contribution in [0.3, 0.4) is 0 Å². The average Bonchev–Trinajstić information content (AvgIpc) is 3.27. The van der Waals surface area contributed by atoms with Crippen LogP contribution in [-0.4, -0.2) is 23.5 Å². The minimum atomic E-state index is -4.09. The summed E-state index contributed by atoms with van der Waals surface area (Å²) in [5.74, 6) is 2.52. The fourth-order valence-corrected chi connectivity index (χ4v) is 16.8. The molecule has 0 aromatic heterocycles. The molecule has 0 aliphatic rings. The van der Waals surface area contributed by atoms with Crippen LogP contribution < -0.4 is 0 Å². The van der Waals surface area contributed by atoms with Gasteiger partial charge in [0.05, 0.1) is 0 Å². The minimum absolute atomic E-state index is 0.161. The van der Waals surface area contributed by atoms with Crippen molar-refractivity contribution in [1.82, 2.24) is 0 Å². The first kappa shape index (κ1) is 68.8. The van der Waals surface area contributed by atoms with Crippen LogP contribution >= 0.6 is 0 Å². The zero-order valence-electron chi connectivity index (χ0n) is 47.5. The van der Waals surface area contributed by atoms with Crippen LogP contribution in [0.2, 0.25) is 4.73 Å². The smallest absolute Gasteiger partial charge is 0.0628 e. The Morgan fingerprint density at radius 1 is 0.299 bits per heavy atom. The van der Waals surface area contributed by atoms with Crippen molar-refractivity contribution < 1.29 is 36.1 Å². The van der Waals surface area contributed by atoms with Crippen molar-refractivity contribution in [1.29, 1.82) is 0 Å². The molecule has 400 valence electrons. The van der Waals surface area contributed by atoms with Gasteiger partial charge in [-0.05, 0) is 31.6 Å². The van der Waals surface area contributed by atoms with E-state index in [-0.39, 0.29) is 18.4 Å². The molecule has 0 rings (SSSR count). The maximum absolute atomic E-state index is 14.4. The van der Waals surface area contributed by atoms with Gasteiger partial charge in [-0.25, -0.2) is 0 Å². The number of carbonyl (C=O) groups is 3. The molecule has 0 aromatic carbocycles. The van der Waals surface area contributed by atoms with E-state index in [2.05, 4.69) is 48.5 Å². The zero-order valence-corrected chi connectivity index (χ0v) is 49.1. The second-order valence-electron chi connectivity index (χ2n) is 23.3. The molecule has 0 radical (unpaired) electrons. The van der Waals surface area contributed by atoms with Crippen LogP contribution in [0, 0.1) is 17.8 Å². The van der Waals surface area contributed by atoms with Crippen molar-refractivity contribution in [2.75, 3.05) is 0 Å². The molecule has 5 heteroatoms. The SMILES string of the molecule is CC(C)O.CCCC[CH2][Ti]([C](=O)CCCCCCCCCCCCCCC(C)C)([C](=O)CCCCCCCCCCCCCCC(C)C)[C](=O)CCCCCCCCCCCCCCC(C)C. The summed E-state index contributed by atoms with van der Waals surface area (Å²) in [6, 6.07) is 0. The average molecular weight is 982 g/mol. The molecule has 1 N–H and O–H groups in total. The topological polar surface area (TPSA) is 71.4 Å². The molecule has 0 heterocycles. The van der Waals surface area contributed by atoms with Crippen molar-refractivity contribution in [2.45, 2.75) is 362 Å². The Kier molecular flexibility index (Phi) is 53.4. The van der Waals surface area contributed by atoms with Gasteiger partial charge in [-0.2, -0.15) is 0 Å². The first-order valence-electron chi connectivity index (χ1n) is 30.6. The summed E-state index contributed by atoms with van der Waals surface area (Å²) in [6.07, 6.45) is 54.3. The molecular weight excluding hydrogens is 857 g/mol. The molecule has 0 aromatic rings. The number of hydrogen-bond donors (Lipinski definition) is 1. The van der Waals surface area contributed by atoms with Crippen LogP contribution in [0.1, 0.15) is 351 Å². The number of aliphatic hydroxyl groups is 1. The van der Waals surface area contributed by atoms with Crippen LogP contribution in [0.5, 0.6) is 0 Å². The first-order valence-corrected chi connectivity index (χ1v) is 34.0. The molecule has 67 heavy (non-hydrogen) atoms. The van der Waals surface area contributed by atoms with Crippen molar-refractivity contribution >= 4 is 12.3 Å². The number of hydrogen-bond acceptors (Lipinski definition) is 4. The van der Waals surface area contributed by atoms with Gasteiger partial charge < -0.3 is 5.11 Å². The molecule has 0 aliphatic heterocycles. The monoisotopic (exact) mass is 981 g/mol. The van der Waals surface area contributed by atoms with Crippen molar-refractivity contribution in [2.24, 2.45) is 17.8 Å². The molecule has 0 bridgehead atoms. The molecule has 4 nitrogen and oxygen atoms in total. The summed E-state index contributed by atoms with van der Waals surface area (Å²) >= 11 is -4.09. The standard InChI is InChI=1S/3C18H35O.C5H11.C3H8O.Ti/c3*1-18(2)16-14-12-10-8-6-4-3-5-7-9-11-13-15-17-19;1-3-5-4-2;1-3(2)4;/h3*18H,3-16H2,1-2H3;1,3-5H2,2H3;3-4H,1-2H3;. The third kappa shape index (κ3) is 47.8. The van der Waals surface area contributed by atoms with Crippen molar-refractivity contribution in [3.05, 3.63) is 0 Å². The molecule has 0 spiro atoms. The van der Waals surface area contributed by atoms with Crippen LogP contribution in [0.25, 0.3) is 0 Å². The first-order chi connectivity index (χ1) is 32.3. The molecule has 0 aliphatic carbocycles. The van der Waals surface area contributed by atoms with E-state index in [1.807, 2.05) is 0 Å². The van der Waals surface area contributed by atoms with Gasteiger partial charge >= 0.3 is 286 Å². The van der Waals surface area contributed by atoms with Gasteiger partial charge in [0, 0.05) is 6.10 Å². The van der Waals surface area contributed by atoms with Crippen LogP contribution in [-0.2, 0) is 31.0 Å². The zero-order chi connectivity index (χ0) is 50.1. The Balaban J connectivity index is 0. The third-order valence-electron chi connectivity index (χ3n) is 14.4. The Morgan fingerprint density at radius 2 is 0.478 bits per heavy atom. The van der Waals surface area contributed by atoms with E-state index in [1.54, 1.807) is 13.8 Å². The Bertz CT molecular complexity index is 930. The Hall–Kier alpha value is -0.316. The molecule has 0 saturated carbocycles. The van der Waals surface area contributed by atoms with E-state index >= 15 is 0 Å². The predicted octanol–water partition coefficient (Wildman–Crippen LogP) is 21.1. The van der Waals surface area contributed by atoms with E-state index in [1.165, 1.54) is 212 Å². The summed E-state index contributed by atoms with van der Waals surface area (Å²) in [4.78, 5) is 43.3. The number of unbranched alkanes of at least 4 members (excludes halogenated alkanes) is 35. The van der Waals surface area contributed by atoms with E-state index in [9.17, 15) is 14.4 Å². The fourth-order valence-electron chi connectivity index (χ4n) is 9.98. The van der Waals surface area contributed by atoms with Gasteiger partial charge in [-0.3, -0.25) is 0 Å². The quantitative estimate of drug-likeness (QED) is 0.0487. The van der Waals surface area contributed by atoms with Gasteiger partial charge in [0.2, 0.25) is 0 Å². The van der Waals surface area contributed by atoms with E-state index in [0.29, 0.717) is 24.0 Å². The van der Waals surface area contributed by atoms with Gasteiger partial charge in [-0.15, -0.1) is 0 Å². The summed E-state index contributed by atoms with van der Waals surface area (Å²) < 4.78 is 1.12. The minimum Gasteiger partial charge on any atom is -0.0628 e. The van der Waals surface area contributed by atoms with Gasteiger partial charge in [-0.1, -0.05) is 99.3 Å². The maximum atomic E-state index is 14.4. The Labute approximate surface area is 425 Å². The van der Waals surface area contributed by atoms with Gasteiger partial charge in [0.1, 0.15) is 0 Å². The third-order valence-corrected chi connectivity index (χ3v) is 21.7. The summed E-state index contributed by atoms with van der Waals surface area (Å²) in [5, 5.41) is 8.06. The molecule has 0 amide bonds. The molecular formula is C62H124O4Ti. The van der Waals surface area contributed by atoms with E-state index in [4.69, 9.17) is 5.11 Å². The molecule has 0 fully saturated rings. The molecule has 0 saturated heterocycles. The van der Waals surface area contributed by atoms with Crippen LogP contribution in [0.15, 0.2) is 0 Å². The molecule has 0 atom stereocenters. The van der Waals surface area contributed by atoms with Gasteiger partial charge in [0.15, 0.2) is 0 Å². The molecule has 0 unspecified atom stereocenters. The van der Waals surface area contributed by atoms with Crippen LogP contribution in [0.4, 0.5) is 0 Å². The number of aliphatic hydroxyl groups excluding tert-OH is 1. The van der Waals surface area contributed by atoms with E-state index in [0.717, 1.165) is 75.5 Å². The fraction of sp³-hybridized carbons (Fsp3) is 0.952. The second-order valence-corrected chi connectivity index (χ2v) is 29.5. The van der Waals surface area contributed by atoms with E-state index < -0.39 is 16.6 Å².